The number of ether oxygens (including phenoxy) is 1. The van der Waals surface area contributed by atoms with Crippen LogP contribution in [0.3, 0.4) is 0 Å². The Bertz CT molecular complexity index is 1260. The van der Waals surface area contributed by atoms with Gasteiger partial charge in [-0.3, -0.25) is 9.59 Å². The second kappa shape index (κ2) is 10.3. The number of likely N-dealkylation sites (tertiary alicyclic amines) is 1. The molecule has 1 fully saturated rings. The summed E-state index contributed by atoms with van der Waals surface area (Å²) in [6.07, 6.45) is 4.66. The van der Waals surface area contributed by atoms with Crippen molar-refractivity contribution in [2.45, 2.75) is 26.3 Å². The van der Waals surface area contributed by atoms with Crippen LogP contribution in [0.5, 0.6) is 5.75 Å². The SMILES string of the molecule is Cc1ccc(OCCn2cc(/C=C(\C#N)C(=O)N3CCC(C(N)=O)CC3)c3ccccc32)cc1. The number of hydrogen-bond donors (Lipinski definition) is 1. The van der Waals surface area contributed by atoms with E-state index in [1.165, 1.54) is 5.56 Å². The van der Waals surface area contributed by atoms with Crippen molar-refractivity contribution in [3.8, 4) is 11.8 Å². The number of primary amides is 1. The zero-order chi connectivity index (χ0) is 24.1. The van der Waals surface area contributed by atoms with Gasteiger partial charge in [-0.25, -0.2) is 0 Å². The molecule has 1 aliphatic heterocycles. The summed E-state index contributed by atoms with van der Waals surface area (Å²) in [6, 6.07) is 17.9. The molecule has 0 saturated carbocycles. The lowest BCUT2D eigenvalue weighted by Gasteiger charge is -2.30. The Morgan fingerprint density at radius 3 is 2.53 bits per heavy atom. The number of nitriles is 1. The molecule has 2 heterocycles. The first-order valence-electron chi connectivity index (χ1n) is 11.4. The molecule has 1 aliphatic rings. The van der Waals surface area contributed by atoms with E-state index in [-0.39, 0.29) is 23.3 Å². The van der Waals surface area contributed by atoms with Crippen molar-refractivity contribution in [3.63, 3.8) is 0 Å². The average molecular weight is 457 g/mol. The molecule has 3 aromatic rings. The van der Waals surface area contributed by atoms with Crippen LogP contribution >= 0.6 is 0 Å². The van der Waals surface area contributed by atoms with Gasteiger partial charge in [0.1, 0.15) is 24.0 Å². The number of para-hydroxylation sites is 1. The minimum Gasteiger partial charge on any atom is -0.492 e. The van der Waals surface area contributed by atoms with Gasteiger partial charge >= 0.3 is 0 Å². The van der Waals surface area contributed by atoms with Gasteiger partial charge in [-0.1, -0.05) is 35.9 Å². The molecule has 0 bridgehead atoms. The molecule has 174 valence electrons. The van der Waals surface area contributed by atoms with Crippen molar-refractivity contribution in [1.82, 2.24) is 9.47 Å². The lowest BCUT2D eigenvalue weighted by molar-refractivity contribution is -0.131. The third kappa shape index (κ3) is 5.12. The summed E-state index contributed by atoms with van der Waals surface area (Å²) in [7, 11) is 0. The fourth-order valence-electron chi connectivity index (χ4n) is 4.31. The van der Waals surface area contributed by atoms with Gasteiger partial charge in [0.25, 0.3) is 5.91 Å². The number of carbonyl (C=O) groups is 2. The highest BCUT2D eigenvalue weighted by atomic mass is 16.5. The van der Waals surface area contributed by atoms with E-state index in [2.05, 4.69) is 10.6 Å². The van der Waals surface area contributed by atoms with Crippen molar-refractivity contribution < 1.29 is 14.3 Å². The first-order chi connectivity index (χ1) is 16.5. The minimum absolute atomic E-state index is 0.0799. The number of nitrogens with zero attached hydrogens (tertiary/aromatic N) is 3. The highest BCUT2D eigenvalue weighted by Gasteiger charge is 2.27. The molecule has 0 radical (unpaired) electrons. The highest BCUT2D eigenvalue weighted by molar-refractivity contribution is 6.04. The Balaban J connectivity index is 1.51. The normalized spacial score (nSPS) is 14.7. The molecule has 0 unspecified atom stereocenters. The van der Waals surface area contributed by atoms with Gasteiger partial charge in [-0.2, -0.15) is 5.26 Å². The lowest BCUT2D eigenvalue weighted by Crippen LogP contribution is -2.42. The molecular weight excluding hydrogens is 428 g/mol. The van der Waals surface area contributed by atoms with Gasteiger partial charge in [-0.15, -0.1) is 0 Å². The molecule has 1 aromatic heterocycles. The molecule has 2 amide bonds. The predicted octanol–water partition coefficient (Wildman–Crippen LogP) is 3.66. The number of nitrogens with two attached hydrogens (primary N) is 1. The Morgan fingerprint density at radius 2 is 1.85 bits per heavy atom. The molecule has 0 aliphatic carbocycles. The quantitative estimate of drug-likeness (QED) is 0.433. The van der Waals surface area contributed by atoms with Crippen LogP contribution in [-0.2, 0) is 16.1 Å². The first-order valence-corrected chi connectivity index (χ1v) is 11.4. The summed E-state index contributed by atoms with van der Waals surface area (Å²) in [4.78, 5) is 26.0. The largest absolute Gasteiger partial charge is 0.492 e. The number of carbonyl (C=O) groups excluding carboxylic acids is 2. The summed E-state index contributed by atoms with van der Waals surface area (Å²) in [6.45, 7) is 3.99. The van der Waals surface area contributed by atoms with Crippen molar-refractivity contribution in [1.29, 1.82) is 5.26 Å². The minimum atomic E-state index is -0.331. The average Bonchev–Trinajstić information content (AvgIpc) is 3.20. The van der Waals surface area contributed by atoms with Crippen LogP contribution in [-0.4, -0.2) is 41.0 Å². The van der Waals surface area contributed by atoms with Gasteiger partial charge in [0, 0.05) is 41.7 Å². The van der Waals surface area contributed by atoms with Gasteiger partial charge in [-0.05, 0) is 44.0 Å². The Morgan fingerprint density at radius 1 is 1.15 bits per heavy atom. The van der Waals surface area contributed by atoms with Gasteiger partial charge in [0.05, 0.1) is 6.54 Å². The fourth-order valence-corrected chi connectivity index (χ4v) is 4.31. The summed E-state index contributed by atoms with van der Waals surface area (Å²) < 4.78 is 7.96. The van der Waals surface area contributed by atoms with Crippen LogP contribution in [0.4, 0.5) is 0 Å². The topological polar surface area (TPSA) is 101 Å². The Kier molecular flexibility index (Phi) is 6.98. The number of aryl methyl sites for hydroxylation is 1. The Labute approximate surface area is 199 Å². The van der Waals surface area contributed by atoms with Crippen LogP contribution in [0.25, 0.3) is 17.0 Å². The molecule has 4 rings (SSSR count). The predicted molar refractivity (Wildman–Crippen MR) is 131 cm³/mol. The summed E-state index contributed by atoms with van der Waals surface area (Å²) in [5.41, 5.74) is 8.46. The molecule has 1 saturated heterocycles. The second-order valence-corrected chi connectivity index (χ2v) is 8.60. The molecule has 2 N–H and O–H groups in total. The number of hydrogen-bond acceptors (Lipinski definition) is 4. The smallest absolute Gasteiger partial charge is 0.264 e. The molecule has 34 heavy (non-hydrogen) atoms. The maximum Gasteiger partial charge on any atom is 0.264 e. The van der Waals surface area contributed by atoms with E-state index >= 15 is 0 Å². The molecule has 2 aromatic carbocycles. The van der Waals surface area contributed by atoms with Crippen LogP contribution in [0.15, 0.2) is 60.3 Å². The number of benzene rings is 2. The number of aromatic nitrogens is 1. The number of amides is 2. The van der Waals surface area contributed by atoms with Crippen LogP contribution < -0.4 is 10.5 Å². The van der Waals surface area contributed by atoms with E-state index in [0.717, 1.165) is 22.2 Å². The van der Waals surface area contributed by atoms with Gasteiger partial charge < -0.3 is 19.9 Å². The maximum absolute atomic E-state index is 13.0. The van der Waals surface area contributed by atoms with Crippen LogP contribution in [0.2, 0.25) is 0 Å². The fraction of sp³-hybridized carbons (Fsp3) is 0.296. The van der Waals surface area contributed by atoms with Crippen molar-refractivity contribution in [3.05, 3.63) is 71.4 Å². The number of rotatable bonds is 7. The maximum atomic E-state index is 13.0. The lowest BCUT2D eigenvalue weighted by atomic mass is 9.96. The van der Waals surface area contributed by atoms with E-state index in [9.17, 15) is 14.9 Å². The summed E-state index contributed by atoms with van der Waals surface area (Å²) >= 11 is 0. The highest BCUT2D eigenvalue weighted by Crippen LogP contribution is 2.25. The molecular formula is C27H28N4O3. The summed E-state index contributed by atoms with van der Waals surface area (Å²) in [5, 5.41) is 10.7. The van der Waals surface area contributed by atoms with E-state index in [1.807, 2.05) is 61.7 Å². The monoisotopic (exact) mass is 456 g/mol. The van der Waals surface area contributed by atoms with Gasteiger partial charge in [0.2, 0.25) is 5.91 Å². The van der Waals surface area contributed by atoms with Crippen LogP contribution in [0.1, 0.15) is 24.0 Å². The molecule has 7 heteroatoms. The first kappa shape index (κ1) is 23.1. The van der Waals surface area contributed by atoms with E-state index in [1.54, 1.807) is 11.0 Å². The van der Waals surface area contributed by atoms with Gasteiger partial charge in [0.15, 0.2) is 0 Å². The number of piperidine rings is 1. The number of fused-ring (bicyclic) bond motifs is 1. The van der Waals surface area contributed by atoms with E-state index in [0.29, 0.717) is 39.1 Å². The van der Waals surface area contributed by atoms with Crippen LogP contribution in [0, 0.1) is 24.2 Å². The van der Waals surface area contributed by atoms with Crippen molar-refractivity contribution in [2.24, 2.45) is 11.7 Å². The second-order valence-electron chi connectivity index (χ2n) is 8.60. The molecule has 0 spiro atoms. The third-order valence-electron chi connectivity index (χ3n) is 6.28. The zero-order valence-electron chi connectivity index (χ0n) is 19.2. The molecule has 7 nitrogen and oxygen atoms in total. The summed E-state index contributed by atoms with van der Waals surface area (Å²) in [5.74, 6) is -0.0365. The third-order valence-corrected chi connectivity index (χ3v) is 6.28. The van der Waals surface area contributed by atoms with E-state index in [4.69, 9.17) is 10.5 Å². The Hall–Kier alpha value is -4.05. The standard InChI is InChI=1S/C27H28N4O3/c1-19-6-8-23(9-7-19)34-15-14-31-18-22(24-4-2-3-5-25(24)31)16-21(17-28)27(33)30-12-10-20(11-13-30)26(29)32/h2-9,16,18,20H,10-15H2,1H3,(H2,29,32)/b21-16+. The molecule has 0 atom stereocenters. The van der Waals surface area contributed by atoms with Crippen molar-refractivity contribution in [2.75, 3.05) is 19.7 Å². The van der Waals surface area contributed by atoms with E-state index < -0.39 is 0 Å². The zero-order valence-corrected chi connectivity index (χ0v) is 19.2. The van der Waals surface area contributed by atoms with Crippen molar-refractivity contribution >= 4 is 28.8 Å².